The van der Waals surface area contributed by atoms with E-state index in [2.05, 4.69) is 14.2 Å². The number of nitro groups is 4. The van der Waals surface area contributed by atoms with E-state index in [0.29, 0.717) is 49.9 Å². The lowest BCUT2D eigenvalue weighted by Crippen LogP contribution is -2.26. The SMILES string of the molecule is Nc1ccc(F)c(S(=O)(=O)NC2CC2)c1.O=C(Cc1ccc(F)c(S(=O)(=O)NC2CC2)c1)c1ccc(F)c(F)c1.O=[N+]([O-])c1ccc(F)c(S(=O)(=O)Cl)c1.O=[N+]([O-])c1ccc(F)c(S(=O)(=O)Cl)c1.O=[N+]([O-])c1ccc(F)c(S(=O)(=O)NC2CC2)c1.O=[N+]([O-])c1ccc(F)cc1. The predicted molar refractivity (Wildman–Crippen MR) is 320 cm³/mol. The van der Waals surface area contributed by atoms with E-state index >= 15 is 0 Å². The number of Topliss-reactive ketones (excluding diaryl/α,β-unsaturated/α-hetero) is 1. The molecule has 0 aliphatic heterocycles. The highest BCUT2D eigenvalue weighted by Gasteiger charge is 2.33. The van der Waals surface area contributed by atoms with E-state index in [9.17, 15) is 122 Å². The van der Waals surface area contributed by atoms with Gasteiger partial charge >= 0.3 is 0 Å². The van der Waals surface area contributed by atoms with Gasteiger partial charge < -0.3 is 5.73 Å². The highest BCUT2D eigenvalue weighted by molar-refractivity contribution is 8.14. The summed E-state index contributed by atoms with van der Waals surface area (Å²) in [5.41, 5.74) is 4.22. The minimum Gasteiger partial charge on any atom is -0.399 e. The molecule has 7 aromatic carbocycles. The summed E-state index contributed by atoms with van der Waals surface area (Å²) in [6.07, 6.45) is 4.17. The lowest BCUT2D eigenvalue weighted by atomic mass is 10.0. The number of nitrogens with one attached hydrogen (secondary N) is 3. The number of halogens is 10. The van der Waals surface area contributed by atoms with Gasteiger partial charge in [-0.1, -0.05) is 6.07 Å². The maximum absolute atomic E-state index is 13.9. The Bertz CT molecular complexity index is 4610. The molecule has 3 saturated carbocycles. The zero-order valence-corrected chi connectivity index (χ0v) is 52.9. The molecule has 0 unspecified atom stereocenters. The van der Waals surface area contributed by atoms with Crippen LogP contribution in [0.2, 0.25) is 0 Å². The molecule has 0 atom stereocenters. The zero-order valence-electron chi connectivity index (χ0n) is 47.3. The second-order valence-electron chi connectivity index (χ2n) is 19.6. The van der Waals surface area contributed by atoms with Gasteiger partial charge in [0.15, 0.2) is 17.4 Å². The van der Waals surface area contributed by atoms with Gasteiger partial charge in [0.2, 0.25) is 30.1 Å². The minimum absolute atomic E-state index is 0.0455. The van der Waals surface area contributed by atoms with Gasteiger partial charge in [-0.2, -0.15) is 0 Å². The van der Waals surface area contributed by atoms with Crippen molar-refractivity contribution in [2.45, 2.75) is 87.5 Å². The smallest absolute Gasteiger partial charge is 0.270 e. The summed E-state index contributed by atoms with van der Waals surface area (Å²) >= 11 is 0. The molecule has 0 aromatic heterocycles. The van der Waals surface area contributed by atoms with Gasteiger partial charge in [-0.05, 0) is 123 Å². The molecule has 0 amide bonds. The first kappa shape index (κ1) is 77.0. The molecular formula is C53H44Cl2F8N8O19S5. The Morgan fingerprint density at radius 2 is 0.705 bits per heavy atom. The number of carbonyl (C=O) groups excluding carboxylic acids is 1. The van der Waals surface area contributed by atoms with Crippen molar-refractivity contribution in [3.63, 3.8) is 0 Å². The average Bonchev–Trinajstić information content (AvgIpc) is 1.56. The second-order valence-corrected chi connectivity index (χ2v) is 29.7. The maximum Gasteiger partial charge on any atom is 0.270 e. The molecule has 5 N–H and O–H groups in total. The molecule has 0 spiro atoms. The topological polar surface area (TPSA) is 422 Å². The van der Waals surface area contributed by atoms with E-state index in [0.717, 1.165) is 110 Å². The number of nitrogens with zero attached hydrogens (tertiary/aromatic N) is 4. The first-order valence-corrected chi connectivity index (χ1v) is 35.1. The van der Waals surface area contributed by atoms with Gasteiger partial charge in [0.1, 0.15) is 59.4 Å². The van der Waals surface area contributed by atoms with E-state index < -0.39 is 157 Å². The number of benzene rings is 7. The molecule has 0 saturated heterocycles. The number of hydrogen-bond acceptors (Lipinski definition) is 20. The van der Waals surface area contributed by atoms with Crippen LogP contribution in [-0.4, -0.2) is 85.7 Å². The number of anilines is 1. The molecule has 0 radical (unpaired) electrons. The number of carbonyl (C=O) groups is 1. The first-order valence-electron chi connectivity index (χ1n) is 26.0. The van der Waals surface area contributed by atoms with Crippen LogP contribution in [0.3, 0.4) is 0 Å². The number of ketones is 1. The Morgan fingerprint density at radius 3 is 1.05 bits per heavy atom. The van der Waals surface area contributed by atoms with Gasteiger partial charge in [-0.15, -0.1) is 0 Å². The van der Waals surface area contributed by atoms with Crippen LogP contribution >= 0.6 is 21.4 Å². The number of nitro benzene ring substituents is 4. The van der Waals surface area contributed by atoms with Gasteiger partial charge in [0.05, 0.1) is 19.7 Å². The summed E-state index contributed by atoms with van der Waals surface area (Å²) in [6, 6.07) is 20.1. The van der Waals surface area contributed by atoms with Gasteiger partial charge in [-0.3, -0.25) is 45.3 Å². The lowest BCUT2D eigenvalue weighted by molar-refractivity contribution is -0.385. The molecule has 42 heteroatoms. The first-order chi connectivity index (χ1) is 44.0. The predicted octanol–water partition coefficient (Wildman–Crippen LogP) is 10.0. The van der Waals surface area contributed by atoms with Crippen molar-refractivity contribution in [2.24, 2.45) is 0 Å². The number of sulfonamides is 3. The third-order valence-corrected chi connectivity index (χ3v) is 19.3. The van der Waals surface area contributed by atoms with Gasteiger partial charge in [0.25, 0.3) is 40.9 Å². The number of rotatable bonds is 18. The number of nitrogens with two attached hydrogens (primary N) is 1. The van der Waals surface area contributed by atoms with Crippen LogP contribution in [0, 0.1) is 87.0 Å². The Kier molecular flexibility index (Phi) is 26.0. The summed E-state index contributed by atoms with van der Waals surface area (Å²) in [7, 11) is -10.7. The second kappa shape index (κ2) is 32.1. The van der Waals surface area contributed by atoms with E-state index in [-0.39, 0.29) is 51.9 Å². The van der Waals surface area contributed by atoms with Crippen LogP contribution in [0.1, 0.15) is 54.4 Å². The third kappa shape index (κ3) is 23.9. The van der Waals surface area contributed by atoms with Crippen LogP contribution in [-0.2, 0) is 54.6 Å². The molecule has 3 aliphatic rings. The van der Waals surface area contributed by atoms with Gasteiger partial charge in [0, 0.05) is 106 Å². The van der Waals surface area contributed by atoms with E-state index in [4.69, 9.17) is 27.1 Å². The molecular weight excluding hydrogens is 1440 g/mol. The van der Waals surface area contributed by atoms with Crippen molar-refractivity contribution >= 4 is 104 Å². The van der Waals surface area contributed by atoms with Crippen LogP contribution in [0.25, 0.3) is 0 Å². The fraction of sp³-hybridized carbons (Fsp3) is 0.189. The molecule has 10 rings (SSSR count). The molecule has 0 heterocycles. The fourth-order valence-electron chi connectivity index (χ4n) is 6.96. The van der Waals surface area contributed by atoms with Crippen molar-refractivity contribution < 1.29 is 102 Å². The normalized spacial score (nSPS) is 13.6. The summed E-state index contributed by atoms with van der Waals surface area (Å²) < 4.78 is 225. The number of nitrogen functional groups attached to an aromatic ring is 1. The van der Waals surface area contributed by atoms with E-state index in [1.165, 1.54) is 12.1 Å². The minimum atomic E-state index is -4.30. The summed E-state index contributed by atoms with van der Waals surface area (Å²) in [5, 5.41) is 41.0. The van der Waals surface area contributed by atoms with E-state index in [1.807, 2.05) is 0 Å². The Morgan fingerprint density at radius 1 is 0.400 bits per heavy atom. The summed E-state index contributed by atoms with van der Waals surface area (Å²) in [6.45, 7) is 0. The quantitative estimate of drug-likeness (QED) is 0.0155. The molecule has 3 fully saturated rings. The van der Waals surface area contributed by atoms with Gasteiger partial charge in [-0.25, -0.2) is 91.4 Å². The maximum atomic E-state index is 13.9. The van der Waals surface area contributed by atoms with Crippen LogP contribution in [0.15, 0.2) is 158 Å². The fourth-order valence-corrected chi connectivity index (χ4v) is 13.0. The van der Waals surface area contributed by atoms with Crippen molar-refractivity contribution in [3.8, 4) is 0 Å². The monoisotopic (exact) mass is 1480 g/mol. The molecule has 95 heavy (non-hydrogen) atoms. The summed E-state index contributed by atoms with van der Waals surface area (Å²) in [5.74, 6) is -8.16. The van der Waals surface area contributed by atoms with Crippen molar-refractivity contribution in [1.29, 1.82) is 0 Å². The lowest BCUT2D eigenvalue weighted by Gasteiger charge is -2.09. The zero-order chi connectivity index (χ0) is 71.3. The summed E-state index contributed by atoms with van der Waals surface area (Å²) in [4.78, 5) is 46.7. The highest BCUT2D eigenvalue weighted by atomic mass is 35.7. The van der Waals surface area contributed by atoms with Crippen molar-refractivity contribution in [1.82, 2.24) is 14.2 Å². The van der Waals surface area contributed by atoms with Crippen LogP contribution in [0.4, 0.5) is 63.6 Å². The van der Waals surface area contributed by atoms with Crippen LogP contribution < -0.4 is 19.9 Å². The molecule has 3 aliphatic carbocycles. The molecule has 510 valence electrons. The third-order valence-electron chi connectivity index (χ3n) is 12.1. The Hall–Kier alpha value is -8.74. The Labute approximate surface area is 541 Å². The van der Waals surface area contributed by atoms with Crippen molar-refractivity contribution in [2.75, 3.05) is 5.73 Å². The van der Waals surface area contributed by atoms with Crippen molar-refractivity contribution in [3.05, 3.63) is 232 Å². The van der Waals surface area contributed by atoms with Crippen LogP contribution in [0.5, 0.6) is 0 Å². The highest BCUT2D eigenvalue weighted by Crippen LogP contribution is 2.30. The largest absolute Gasteiger partial charge is 0.399 e. The molecule has 7 aromatic rings. The van der Waals surface area contributed by atoms with E-state index in [1.54, 1.807) is 0 Å². The standard InChI is InChI=1S/C17H14F3NO3S.C9H9FN2O4S.C9H11FN2O2S.2C6H3ClFNO4S.C6H4FNO2/c18-13-6-2-11(9-15(13)20)16(22)7-10-1-5-14(19)17(8-10)25(23,24)21-12-3-4-12;10-8-4-3-7(12(13)14)5-9(8)17(15,16)11-6-1-2-6;10-8-4-1-6(11)5-9(8)15(13,14)12-7-2-3-7;2*7-14(12,13)6-3-4(9(10)11)1-2-5(6)8;7-5-1-3-6(4-2-5)8(9)10/h1-2,5-6,8-9,12,21H,3-4,7H2;3-6,11H,1-2H2;1,4-5,7,12H,2-3,11H2;2*1-3H;1-4H. The molecule has 0 bridgehead atoms. The number of non-ortho nitro benzene ring substituents is 4. The Balaban J connectivity index is 0.000000211. The average molecular weight is 1480 g/mol. The molecule has 27 nitrogen and oxygen atoms in total. The number of hydrogen-bond donors (Lipinski definition) is 4.